The Morgan fingerprint density at radius 2 is 1.73 bits per heavy atom. The fourth-order valence-corrected chi connectivity index (χ4v) is 4.48. The topological polar surface area (TPSA) is 144 Å². The van der Waals surface area contributed by atoms with E-state index in [1.165, 1.54) is 32.2 Å². The highest BCUT2D eigenvalue weighted by Gasteiger charge is 2.42. The fraction of sp³-hybridized carbons (Fsp3) is 0.379. The number of nitro groups is 1. The van der Waals surface area contributed by atoms with Crippen LogP contribution < -0.4 is 4.74 Å². The molecule has 2 unspecified atom stereocenters. The molecule has 212 valence electrons. The second kappa shape index (κ2) is 14.0. The van der Waals surface area contributed by atoms with Gasteiger partial charge in [-0.3, -0.25) is 24.7 Å². The van der Waals surface area contributed by atoms with Crippen LogP contribution in [-0.4, -0.2) is 55.5 Å². The molecule has 0 fully saturated rings. The van der Waals surface area contributed by atoms with Crippen molar-refractivity contribution in [1.29, 1.82) is 0 Å². The Morgan fingerprint density at radius 1 is 1.00 bits per heavy atom. The second-order valence-electron chi connectivity index (χ2n) is 9.15. The summed E-state index contributed by atoms with van der Waals surface area (Å²) >= 11 is 0. The normalized spacial score (nSPS) is 16.6. The van der Waals surface area contributed by atoms with Crippen molar-refractivity contribution in [2.45, 2.75) is 39.5 Å². The van der Waals surface area contributed by atoms with Crippen LogP contribution in [0.5, 0.6) is 5.75 Å². The van der Waals surface area contributed by atoms with Gasteiger partial charge in [-0.2, -0.15) is 0 Å². The lowest BCUT2D eigenvalue weighted by Gasteiger charge is -2.31. The summed E-state index contributed by atoms with van der Waals surface area (Å²) in [4.78, 5) is 52.1. The molecule has 0 aromatic heterocycles. The van der Waals surface area contributed by atoms with Crippen LogP contribution >= 0.6 is 0 Å². The summed E-state index contributed by atoms with van der Waals surface area (Å²) in [7, 11) is 1.24. The molecule has 2 atom stereocenters. The van der Waals surface area contributed by atoms with Crippen LogP contribution in [0.2, 0.25) is 0 Å². The first kappa shape index (κ1) is 30.0. The summed E-state index contributed by atoms with van der Waals surface area (Å²) in [6.07, 6.45) is 0.999. The predicted octanol–water partition coefficient (Wildman–Crippen LogP) is 4.33. The van der Waals surface area contributed by atoms with Crippen LogP contribution in [0.15, 0.2) is 64.8 Å². The van der Waals surface area contributed by atoms with E-state index < -0.39 is 28.7 Å². The van der Waals surface area contributed by atoms with Crippen LogP contribution in [0.4, 0.5) is 5.69 Å². The van der Waals surface area contributed by atoms with E-state index >= 15 is 0 Å². The van der Waals surface area contributed by atoms with Gasteiger partial charge in [-0.25, -0.2) is 4.79 Å². The van der Waals surface area contributed by atoms with Crippen molar-refractivity contribution in [3.63, 3.8) is 0 Å². The Bertz CT molecular complexity index is 1320. The van der Waals surface area contributed by atoms with Crippen molar-refractivity contribution in [3.05, 3.63) is 81.0 Å². The Morgan fingerprint density at radius 3 is 2.38 bits per heavy atom. The molecule has 0 aliphatic carbocycles. The number of ether oxygens (including phenoxy) is 4. The highest BCUT2D eigenvalue weighted by Crippen LogP contribution is 2.40. The molecule has 0 radical (unpaired) electrons. The van der Waals surface area contributed by atoms with E-state index in [-0.39, 0.29) is 30.4 Å². The van der Waals surface area contributed by atoms with E-state index in [2.05, 4.69) is 4.99 Å². The lowest BCUT2D eigenvalue weighted by molar-refractivity contribution is -0.384. The van der Waals surface area contributed by atoms with Crippen LogP contribution in [0, 0.1) is 16.0 Å². The highest BCUT2D eigenvalue weighted by molar-refractivity contribution is 6.07. The average molecular weight is 553 g/mol. The van der Waals surface area contributed by atoms with E-state index in [1.807, 2.05) is 24.3 Å². The fourth-order valence-electron chi connectivity index (χ4n) is 4.48. The zero-order valence-corrected chi connectivity index (χ0v) is 22.9. The number of nitro benzene ring substituents is 1. The number of hydrogen-bond acceptors (Lipinski definition) is 10. The number of carbonyl (C=O) groups is 3. The van der Waals surface area contributed by atoms with Gasteiger partial charge in [0.05, 0.1) is 37.4 Å². The smallest absolute Gasteiger partial charge is 0.336 e. The molecule has 0 bridgehead atoms. The molecule has 0 amide bonds. The summed E-state index contributed by atoms with van der Waals surface area (Å²) in [6.45, 7) is 5.30. The maximum absolute atomic E-state index is 13.3. The van der Waals surface area contributed by atoms with Crippen molar-refractivity contribution in [2.24, 2.45) is 10.9 Å². The molecule has 0 saturated heterocycles. The van der Waals surface area contributed by atoms with Gasteiger partial charge in [0, 0.05) is 49.2 Å². The molecule has 3 rings (SSSR count). The maximum atomic E-state index is 13.3. The van der Waals surface area contributed by atoms with Crippen molar-refractivity contribution in [3.8, 4) is 5.75 Å². The third-order valence-electron chi connectivity index (χ3n) is 6.35. The third kappa shape index (κ3) is 7.75. The van der Waals surface area contributed by atoms with E-state index in [0.29, 0.717) is 42.2 Å². The molecule has 0 N–H and O–H groups in total. The van der Waals surface area contributed by atoms with E-state index in [1.54, 1.807) is 19.9 Å². The number of non-ortho nitro benzene ring substituents is 1. The number of carbonyl (C=O) groups excluding carboxylic acids is 3. The monoisotopic (exact) mass is 552 g/mol. The Hall–Kier alpha value is -4.54. The molecule has 11 heteroatoms. The number of nitrogens with zero attached hydrogens (tertiary/aromatic N) is 2. The number of esters is 3. The van der Waals surface area contributed by atoms with Crippen LogP contribution in [0.1, 0.15) is 44.2 Å². The van der Waals surface area contributed by atoms with Gasteiger partial charge in [-0.1, -0.05) is 24.3 Å². The number of aliphatic imine (C=N–C) groups is 1. The van der Waals surface area contributed by atoms with E-state index in [4.69, 9.17) is 18.9 Å². The van der Waals surface area contributed by atoms with E-state index in [0.717, 1.165) is 5.56 Å². The minimum absolute atomic E-state index is 0.0450. The second-order valence-corrected chi connectivity index (χ2v) is 9.15. The predicted molar refractivity (Wildman–Crippen MR) is 145 cm³/mol. The molecule has 2 aromatic carbocycles. The van der Waals surface area contributed by atoms with Gasteiger partial charge >= 0.3 is 17.9 Å². The molecule has 40 heavy (non-hydrogen) atoms. The highest BCUT2D eigenvalue weighted by atomic mass is 16.6. The first-order valence-corrected chi connectivity index (χ1v) is 12.7. The zero-order valence-electron chi connectivity index (χ0n) is 22.9. The lowest BCUT2D eigenvalue weighted by atomic mass is 9.75. The molecular weight excluding hydrogens is 520 g/mol. The summed E-state index contributed by atoms with van der Waals surface area (Å²) < 4.78 is 21.2. The summed E-state index contributed by atoms with van der Waals surface area (Å²) in [5.41, 5.74) is 2.19. The van der Waals surface area contributed by atoms with Crippen LogP contribution in [0.25, 0.3) is 0 Å². The molecule has 11 nitrogen and oxygen atoms in total. The standard InChI is InChI=1S/C29H32N2O9/c1-18-25(28(33)37-4)27(22-7-5-8-23(17-22)31(35)36)26(19(2)30-18)29(34)40-15-6-14-39-24-11-9-21(10-12-24)13-16-38-20(3)32/h5,7-12,17,25,27H,6,13-16H2,1-4H3. The quantitative estimate of drug-likeness (QED) is 0.123. The van der Waals surface area contributed by atoms with Gasteiger partial charge in [0.25, 0.3) is 5.69 Å². The first-order valence-electron chi connectivity index (χ1n) is 12.7. The van der Waals surface area contributed by atoms with Crippen molar-refractivity contribution in [1.82, 2.24) is 0 Å². The largest absolute Gasteiger partial charge is 0.493 e. The van der Waals surface area contributed by atoms with Gasteiger partial charge in [0.2, 0.25) is 0 Å². The van der Waals surface area contributed by atoms with Gasteiger partial charge < -0.3 is 18.9 Å². The van der Waals surface area contributed by atoms with Crippen LogP contribution in [0.3, 0.4) is 0 Å². The summed E-state index contributed by atoms with van der Waals surface area (Å²) in [6, 6.07) is 13.2. The number of allylic oxidation sites excluding steroid dienone is 1. The lowest BCUT2D eigenvalue weighted by Crippen LogP contribution is -2.36. The molecular formula is C29H32N2O9. The minimum atomic E-state index is -0.946. The van der Waals surface area contributed by atoms with Crippen LogP contribution in [-0.2, 0) is 35.0 Å². The SMILES string of the molecule is COC(=O)C1C(C)=NC(C)=C(C(=O)OCCCOc2ccc(CCOC(C)=O)cc2)C1c1cccc([N+](=O)[O-])c1. The van der Waals surface area contributed by atoms with Crippen molar-refractivity contribution in [2.75, 3.05) is 26.9 Å². The van der Waals surface area contributed by atoms with Gasteiger partial charge in [-0.05, 0) is 37.1 Å². The molecule has 2 aromatic rings. The Balaban J connectivity index is 1.65. The Kier molecular flexibility index (Phi) is 10.5. The molecule has 1 aliphatic rings. The van der Waals surface area contributed by atoms with Gasteiger partial charge in [-0.15, -0.1) is 0 Å². The summed E-state index contributed by atoms with van der Waals surface area (Å²) in [5, 5.41) is 11.4. The zero-order chi connectivity index (χ0) is 29.2. The molecule has 1 aliphatic heterocycles. The number of methoxy groups -OCH3 is 1. The van der Waals surface area contributed by atoms with Gasteiger partial charge in [0.1, 0.15) is 11.7 Å². The Labute approximate surface area is 231 Å². The molecule has 0 saturated carbocycles. The third-order valence-corrected chi connectivity index (χ3v) is 6.35. The molecule has 1 heterocycles. The average Bonchev–Trinajstić information content (AvgIpc) is 2.92. The number of rotatable bonds is 12. The van der Waals surface area contributed by atoms with Crippen molar-refractivity contribution < 1.29 is 38.3 Å². The number of hydrogen-bond donors (Lipinski definition) is 0. The summed E-state index contributed by atoms with van der Waals surface area (Å²) in [5.74, 6) is -2.77. The minimum Gasteiger partial charge on any atom is -0.493 e. The number of benzene rings is 2. The maximum Gasteiger partial charge on any atom is 0.336 e. The van der Waals surface area contributed by atoms with Gasteiger partial charge in [0.15, 0.2) is 0 Å². The van der Waals surface area contributed by atoms with E-state index in [9.17, 15) is 24.5 Å². The van der Waals surface area contributed by atoms with Crippen molar-refractivity contribution >= 4 is 29.3 Å². The first-order chi connectivity index (χ1) is 19.1. The molecule has 0 spiro atoms.